The van der Waals surface area contributed by atoms with Crippen LogP contribution in [-0.4, -0.2) is 12.5 Å². The van der Waals surface area contributed by atoms with Crippen molar-refractivity contribution < 1.29 is 15.6 Å². The molecule has 1 rings (SSSR count). The maximum Gasteiger partial charge on any atom is 0.0843 e. The topological polar surface area (TPSA) is 67.8 Å². The van der Waals surface area contributed by atoms with E-state index in [1.807, 2.05) is 0 Å². The van der Waals surface area contributed by atoms with E-state index in [0.717, 1.165) is 6.04 Å². The fourth-order valence-electron chi connectivity index (χ4n) is 1.19. The van der Waals surface area contributed by atoms with Crippen LogP contribution in [-0.2, 0) is 4.79 Å². The lowest BCUT2D eigenvalue weighted by Crippen LogP contribution is -2.61. The third-order valence-corrected chi connectivity index (χ3v) is 1.72. The fourth-order valence-corrected chi connectivity index (χ4v) is 1.19. The molecule has 3 N–H and O–H groups in total. The highest BCUT2D eigenvalue weighted by Crippen LogP contribution is 2.13. The van der Waals surface area contributed by atoms with E-state index >= 15 is 0 Å². The Hall–Kier alpha value is -0.570. The first-order chi connectivity index (χ1) is 4.81. The van der Waals surface area contributed by atoms with Gasteiger partial charge in [-0.25, -0.2) is 0 Å². The quantitative estimate of drug-likeness (QED) is 0.441. The molecule has 0 spiro atoms. The molecule has 0 amide bonds. The van der Waals surface area contributed by atoms with Crippen LogP contribution in [0.2, 0.25) is 0 Å². The van der Waals surface area contributed by atoms with Gasteiger partial charge in [0, 0.05) is 6.47 Å². The molecule has 0 bridgehead atoms. The van der Waals surface area contributed by atoms with Gasteiger partial charge in [-0.15, -0.1) is 0 Å². The van der Waals surface area contributed by atoms with Gasteiger partial charge in [0.25, 0.3) is 0 Å². The van der Waals surface area contributed by atoms with Crippen molar-refractivity contribution in [1.82, 2.24) is 0 Å². The summed E-state index contributed by atoms with van der Waals surface area (Å²) in [6.07, 6.45) is 7.05. The van der Waals surface area contributed by atoms with Crippen molar-refractivity contribution in [3.05, 3.63) is 0 Å². The SMILES string of the molecule is O=C[O-].[NH3+]C1CCCCC1. The van der Waals surface area contributed by atoms with Gasteiger partial charge in [0.1, 0.15) is 0 Å². The predicted molar refractivity (Wildman–Crippen MR) is 35.8 cm³/mol. The Morgan fingerprint density at radius 3 is 1.90 bits per heavy atom. The van der Waals surface area contributed by atoms with Crippen molar-refractivity contribution in [2.45, 2.75) is 38.1 Å². The minimum atomic E-state index is -0.500. The van der Waals surface area contributed by atoms with Crippen LogP contribution in [0.5, 0.6) is 0 Å². The molecule has 3 nitrogen and oxygen atoms in total. The van der Waals surface area contributed by atoms with Gasteiger partial charge in [-0.3, -0.25) is 0 Å². The van der Waals surface area contributed by atoms with Gasteiger partial charge in [-0.1, -0.05) is 6.42 Å². The monoisotopic (exact) mass is 145 g/mol. The zero-order chi connectivity index (χ0) is 7.82. The lowest BCUT2D eigenvalue weighted by Gasteiger charge is -2.12. The number of carbonyl (C=O) groups excluding carboxylic acids is 1. The second-order valence-corrected chi connectivity index (χ2v) is 2.60. The van der Waals surface area contributed by atoms with Crippen LogP contribution in [0.4, 0.5) is 0 Å². The van der Waals surface area contributed by atoms with E-state index in [1.54, 1.807) is 0 Å². The minimum Gasteiger partial charge on any atom is -0.554 e. The molecule has 1 saturated carbocycles. The normalized spacial score (nSPS) is 18.9. The summed E-state index contributed by atoms with van der Waals surface area (Å²) >= 11 is 0. The Bertz CT molecular complexity index is 79.7. The molecule has 3 heteroatoms. The smallest absolute Gasteiger partial charge is 0.0843 e. The summed E-state index contributed by atoms with van der Waals surface area (Å²) in [4.78, 5) is 8.25. The fraction of sp³-hybridized carbons (Fsp3) is 0.857. The number of hydrogen-bond donors (Lipinski definition) is 1. The Kier molecular flexibility index (Phi) is 6.18. The first-order valence-corrected chi connectivity index (χ1v) is 3.70. The molecule has 0 aliphatic heterocycles. The maximum atomic E-state index is 8.25. The van der Waals surface area contributed by atoms with Crippen LogP contribution in [0, 0.1) is 0 Å². The number of carboxylic acid groups (broad SMARTS) is 1. The molecular weight excluding hydrogens is 130 g/mol. The zero-order valence-electron chi connectivity index (χ0n) is 6.21. The van der Waals surface area contributed by atoms with Gasteiger partial charge in [0.2, 0.25) is 0 Å². The van der Waals surface area contributed by atoms with Crippen molar-refractivity contribution in [3.63, 3.8) is 0 Å². The molecule has 1 aliphatic carbocycles. The zero-order valence-corrected chi connectivity index (χ0v) is 6.21. The summed E-state index contributed by atoms with van der Waals surface area (Å²) < 4.78 is 0. The molecule has 1 aliphatic rings. The first kappa shape index (κ1) is 9.43. The molecule has 0 unspecified atom stereocenters. The highest BCUT2D eigenvalue weighted by atomic mass is 16.3. The molecule has 0 aromatic heterocycles. The summed E-state index contributed by atoms with van der Waals surface area (Å²) in [6, 6.07) is 0.786. The summed E-state index contributed by atoms with van der Waals surface area (Å²) in [6.45, 7) is -0.500. The number of carbonyl (C=O) groups is 1. The van der Waals surface area contributed by atoms with Crippen LogP contribution in [0.1, 0.15) is 32.1 Å². The van der Waals surface area contributed by atoms with E-state index in [1.165, 1.54) is 32.1 Å². The summed E-state index contributed by atoms with van der Waals surface area (Å²) in [7, 11) is 0. The molecule has 0 aromatic rings. The van der Waals surface area contributed by atoms with Gasteiger partial charge in [-0.2, -0.15) is 0 Å². The van der Waals surface area contributed by atoms with Crippen LogP contribution in [0.25, 0.3) is 0 Å². The number of hydrogen-bond acceptors (Lipinski definition) is 2. The first-order valence-electron chi connectivity index (χ1n) is 3.70. The molecule has 60 valence electrons. The van der Waals surface area contributed by atoms with Gasteiger partial charge in [0.05, 0.1) is 6.04 Å². The molecule has 0 heterocycles. The van der Waals surface area contributed by atoms with Crippen LogP contribution < -0.4 is 10.8 Å². The van der Waals surface area contributed by atoms with Crippen molar-refractivity contribution in [2.75, 3.05) is 0 Å². The molecule has 10 heavy (non-hydrogen) atoms. The maximum absolute atomic E-state index is 8.25. The molecule has 0 aromatic carbocycles. The van der Waals surface area contributed by atoms with Crippen LogP contribution in [0.15, 0.2) is 0 Å². The van der Waals surface area contributed by atoms with E-state index < -0.39 is 6.47 Å². The largest absolute Gasteiger partial charge is 0.554 e. The van der Waals surface area contributed by atoms with Gasteiger partial charge in [0.15, 0.2) is 0 Å². The predicted octanol–water partition coefficient (Wildman–Crippen LogP) is -1.07. The molecular formula is C7H15NO2. The second kappa shape index (κ2) is 6.55. The molecule has 0 radical (unpaired) electrons. The summed E-state index contributed by atoms with van der Waals surface area (Å²) in [5.41, 5.74) is 4.00. The highest BCUT2D eigenvalue weighted by molar-refractivity contribution is 5.29. The van der Waals surface area contributed by atoms with Crippen molar-refractivity contribution in [2.24, 2.45) is 0 Å². The Morgan fingerprint density at radius 1 is 1.30 bits per heavy atom. The summed E-state index contributed by atoms with van der Waals surface area (Å²) in [5.74, 6) is 0. The number of quaternary nitrogens is 1. The van der Waals surface area contributed by atoms with E-state index in [-0.39, 0.29) is 0 Å². The van der Waals surface area contributed by atoms with Gasteiger partial charge < -0.3 is 15.6 Å². The molecule has 0 saturated heterocycles. The lowest BCUT2D eigenvalue weighted by atomic mass is 9.97. The van der Waals surface area contributed by atoms with Crippen molar-refractivity contribution in [3.8, 4) is 0 Å². The van der Waals surface area contributed by atoms with E-state index in [0.29, 0.717) is 0 Å². The van der Waals surface area contributed by atoms with Gasteiger partial charge in [-0.05, 0) is 25.7 Å². The third-order valence-electron chi connectivity index (χ3n) is 1.72. The number of rotatable bonds is 0. The third kappa shape index (κ3) is 5.56. The van der Waals surface area contributed by atoms with Crippen LogP contribution in [0.3, 0.4) is 0 Å². The van der Waals surface area contributed by atoms with E-state index in [4.69, 9.17) is 9.90 Å². The second-order valence-electron chi connectivity index (χ2n) is 2.60. The molecule has 1 fully saturated rings. The van der Waals surface area contributed by atoms with Crippen LogP contribution >= 0.6 is 0 Å². The Labute approximate surface area is 61.2 Å². The standard InChI is InChI=1S/C6H13N.CH2O2/c7-6-4-2-1-3-5-6;2-1-3/h6H,1-5,7H2;1H,(H,2,3). The minimum absolute atomic E-state index is 0.500. The summed E-state index contributed by atoms with van der Waals surface area (Å²) in [5, 5.41) is 8.25. The lowest BCUT2D eigenvalue weighted by molar-refractivity contribution is -0.425. The van der Waals surface area contributed by atoms with E-state index in [2.05, 4.69) is 5.73 Å². The van der Waals surface area contributed by atoms with Gasteiger partial charge >= 0.3 is 0 Å². The Balaban J connectivity index is 0.000000236. The Morgan fingerprint density at radius 2 is 1.70 bits per heavy atom. The average Bonchev–Trinajstić information content (AvgIpc) is 1.91. The molecule has 0 atom stereocenters. The van der Waals surface area contributed by atoms with E-state index in [9.17, 15) is 0 Å². The van der Waals surface area contributed by atoms with Crippen molar-refractivity contribution >= 4 is 6.47 Å². The van der Waals surface area contributed by atoms with Crippen molar-refractivity contribution in [1.29, 1.82) is 0 Å². The average molecular weight is 145 g/mol. The highest BCUT2D eigenvalue weighted by Gasteiger charge is 2.09.